The van der Waals surface area contributed by atoms with Gasteiger partial charge < -0.3 is 35.2 Å². The lowest BCUT2D eigenvalue weighted by Gasteiger charge is -2.11. The highest BCUT2D eigenvalue weighted by Crippen LogP contribution is 2.27. The molecule has 0 aliphatic rings. The van der Waals surface area contributed by atoms with Gasteiger partial charge in [0.05, 0.1) is 22.3 Å². The SMILES string of the molecule is CC(C)n1cnnc1-c1cccc(N)n1.CC(C)n1cnnc1-c1cccc(NC(=O)c2cc3ccccc3cc2F)n1.CC(C)n1cnnc1-c1cccc(NC(=O)c2cc3ccccc3cc2F)n1.O=C(Cl)c1cc2ccccc2cc1F.O=C(O)c1cc2ccccc2cc1F. The molecule has 0 radical (unpaired) electrons. The van der Waals surface area contributed by atoms with Crippen molar-refractivity contribution >= 4 is 95.2 Å². The van der Waals surface area contributed by atoms with Crippen LogP contribution >= 0.6 is 11.6 Å². The van der Waals surface area contributed by atoms with Gasteiger partial charge in [-0.2, -0.15) is 0 Å². The van der Waals surface area contributed by atoms with Crippen LogP contribution < -0.4 is 16.4 Å². The number of anilines is 3. The molecular formula is C74H62ClF4N15O5. The summed E-state index contributed by atoms with van der Waals surface area (Å²) >= 11 is 5.23. The summed E-state index contributed by atoms with van der Waals surface area (Å²) < 4.78 is 61.0. The number of nitrogens with zero attached hydrogens (tertiary/aromatic N) is 12. The van der Waals surface area contributed by atoms with Crippen molar-refractivity contribution in [1.29, 1.82) is 0 Å². The predicted molar refractivity (Wildman–Crippen MR) is 374 cm³/mol. The minimum absolute atomic E-state index is 0.0312. The van der Waals surface area contributed by atoms with E-state index >= 15 is 0 Å². The van der Waals surface area contributed by atoms with Crippen LogP contribution in [0.1, 0.15) is 101 Å². The first-order chi connectivity index (χ1) is 47.6. The Labute approximate surface area is 568 Å². The zero-order chi connectivity index (χ0) is 70.4. The van der Waals surface area contributed by atoms with Crippen molar-refractivity contribution < 1.29 is 41.8 Å². The minimum Gasteiger partial charge on any atom is -0.478 e. The number of pyridine rings is 3. The third-order valence-corrected chi connectivity index (χ3v) is 15.3. The number of aromatic carboxylic acids is 1. The van der Waals surface area contributed by atoms with Crippen molar-refractivity contribution in [2.24, 2.45) is 0 Å². The molecule has 0 saturated heterocycles. The van der Waals surface area contributed by atoms with E-state index in [2.05, 4.69) is 70.0 Å². The van der Waals surface area contributed by atoms with Gasteiger partial charge in [0.2, 0.25) is 0 Å². The molecule has 8 aromatic carbocycles. The zero-order valence-electron chi connectivity index (χ0n) is 53.9. The number of aromatic nitrogens is 12. The second kappa shape index (κ2) is 31.4. The van der Waals surface area contributed by atoms with Crippen molar-refractivity contribution in [2.75, 3.05) is 16.4 Å². The normalized spacial score (nSPS) is 10.9. The summed E-state index contributed by atoms with van der Waals surface area (Å²) in [7, 11) is 0. The number of fused-ring (bicyclic) bond motifs is 4. The second-order valence-electron chi connectivity index (χ2n) is 22.9. The molecule has 2 amide bonds. The minimum atomic E-state index is -1.24. The van der Waals surface area contributed by atoms with Gasteiger partial charge in [-0.15, -0.1) is 30.6 Å². The maximum atomic E-state index is 14.4. The fourth-order valence-electron chi connectivity index (χ4n) is 10.1. The third-order valence-electron chi connectivity index (χ3n) is 15.1. The van der Waals surface area contributed by atoms with E-state index < -0.39 is 46.3 Å². The molecular weight excluding hydrogens is 1290 g/mol. The molecule has 99 heavy (non-hydrogen) atoms. The molecule has 6 aromatic heterocycles. The topological polar surface area (TPSA) is 269 Å². The van der Waals surface area contributed by atoms with Gasteiger partial charge in [0, 0.05) is 18.1 Å². The lowest BCUT2D eigenvalue weighted by Crippen LogP contribution is -2.15. The molecule has 14 rings (SSSR count). The molecule has 0 aliphatic heterocycles. The quantitative estimate of drug-likeness (QED) is 0.0654. The van der Waals surface area contributed by atoms with Gasteiger partial charge in [0.1, 0.15) is 76.8 Å². The Kier molecular flexibility index (Phi) is 22.0. The molecule has 6 heterocycles. The molecule has 0 atom stereocenters. The average Bonchev–Trinajstić information content (AvgIpc) is 1.37. The summed E-state index contributed by atoms with van der Waals surface area (Å²) in [4.78, 5) is 59.8. The van der Waals surface area contributed by atoms with E-state index in [-0.39, 0.29) is 34.3 Å². The van der Waals surface area contributed by atoms with Gasteiger partial charge in [0.25, 0.3) is 17.1 Å². The standard InChI is InChI=1S/2C21H18FN5O.C11H6ClFO.C11H7FO2.C10H13N5/c2*1-13(2)27-12-23-26-20(27)18-8-5-9-19(24-18)25-21(28)16-10-14-6-3-4-7-15(14)11-17(16)22;12-11(14)9-5-7-3-1-2-4-8(7)6-10(9)13;12-10-6-8-4-2-1-3-7(8)5-9(10)11(13)14;1-7(2)15-6-12-14-10(15)8-4-3-5-9(11)13-8/h2*3-13H,1-2H3,(H,24,25,28);1-6H;1-6H,(H,13,14);3-7H,1-2H3,(H2,11,13). The molecule has 5 N–H and O–H groups in total. The lowest BCUT2D eigenvalue weighted by molar-refractivity contribution is 0.0691. The Bertz CT molecular complexity index is 4990. The molecule has 25 heteroatoms. The monoisotopic (exact) mass is 1350 g/mol. The van der Waals surface area contributed by atoms with Crippen molar-refractivity contribution in [1.82, 2.24) is 59.2 Å². The molecule has 0 aliphatic carbocycles. The number of rotatable bonds is 12. The van der Waals surface area contributed by atoms with Crippen molar-refractivity contribution in [3.05, 3.63) is 265 Å². The van der Waals surface area contributed by atoms with Gasteiger partial charge in [-0.3, -0.25) is 14.4 Å². The van der Waals surface area contributed by atoms with Crippen LogP contribution in [0.5, 0.6) is 0 Å². The lowest BCUT2D eigenvalue weighted by atomic mass is 10.1. The highest BCUT2D eigenvalue weighted by atomic mass is 35.5. The van der Waals surface area contributed by atoms with E-state index in [0.29, 0.717) is 51.9 Å². The number of amides is 2. The number of nitrogens with two attached hydrogens (primary N) is 1. The zero-order valence-corrected chi connectivity index (χ0v) is 54.7. The summed E-state index contributed by atoms with van der Waals surface area (Å²) in [6.45, 7) is 12.2. The number of carboxylic acids is 1. The van der Waals surface area contributed by atoms with Gasteiger partial charge in [0.15, 0.2) is 17.5 Å². The number of carbonyl (C=O) groups is 4. The summed E-state index contributed by atoms with van der Waals surface area (Å²) in [5.74, 6) is -1.72. The van der Waals surface area contributed by atoms with Crippen LogP contribution in [0.2, 0.25) is 0 Å². The first kappa shape index (κ1) is 69.4. The Morgan fingerprint density at radius 3 is 0.990 bits per heavy atom. The molecule has 14 aromatic rings. The number of benzene rings is 8. The van der Waals surface area contributed by atoms with Crippen molar-refractivity contribution in [3.8, 4) is 34.6 Å². The Balaban J connectivity index is 0.000000139. The van der Waals surface area contributed by atoms with Crippen LogP contribution in [0.25, 0.3) is 77.6 Å². The number of hydrogen-bond acceptors (Lipinski definition) is 14. The van der Waals surface area contributed by atoms with Gasteiger partial charge >= 0.3 is 5.97 Å². The molecule has 20 nitrogen and oxygen atoms in total. The number of carboxylic acid groups (broad SMARTS) is 1. The largest absolute Gasteiger partial charge is 0.478 e. The maximum absolute atomic E-state index is 14.4. The van der Waals surface area contributed by atoms with Crippen molar-refractivity contribution in [3.63, 3.8) is 0 Å². The van der Waals surface area contributed by atoms with E-state index in [1.165, 1.54) is 36.4 Å². The Hall–Kier alpha value is -12.4. The number of carbonyl (C=O) groups excluding carboxylic acids is 3. The molecule has 0 unspecified atom stereocenters. The van der Waals surface area contributed by atoms with E-state index in [1.54, 1.807) is 122 Å². The fourth-order valence-corrected chi connectivity index (χ4v) is 10.3. The van der Waals surface area contributed by atoms with Crippen LogP contribution in [0.4, 0.5) is 35.0 Å². The van der Waals surface area contributed by atoms with E-state index in [0.717, 1.165) is 49.2 Å². The smallest absolute Gasteiger partial charge is 0.338 e. The number of hydrogen-bond donors (Lipinski definition) is 4. The van der Waals surface area contributed by atoms with Crippen LogP contribution in [0, 0.1) is 23.3 Å². The summed E-state index contributed by atoms with van der Waals surface area (Å²) in [5.41, 5.74) is 7.09. The maximum Gasteiger partial charge on any atom is 0.338 e. The number of nitrogens with one attached hydrogen (secondary N) is 2. The number of halogens is 5. The van der Waals surface area contributed by atoms with Gasteiger partial charge in [-0.25, -0.2) is 37.3 Å². The van der Waals surface area contributed by atoms with Crippen molar-refractivity contribution in [2.45, 2.75) is 59.7 Å². The van der Waals surface area contributed by atoms with E-state index in [1.807, 2.05) is 102 Å². The third kappa shape index (κ3) is 17.0. The van der Waals surface area contributed by atoms with Crippen LogP contribution in [0.15, 0.2) is 219 Å². The molecule has 0 bridgehead atoms. The summed E-state index contributed by atoms with van der Waals surface area (Å²) in [6, 6.07) is 56.5. The summed E-state index contributed by atoms with van der Waals surface area (Å²) in [6.07, 6.45) is 4.97. The predicted octanol–water partition coefficient (Wildman–Crippen LogP) is 16.5. The molecule has 0 fully saturated rings. The number of nitrogen functional groups attached to an aromatic ring is 1. The van der Waals surface area contributed by atoms with Crippen LogP contribution in [0.3, 0.4) is 0 Å². The van der Waals surface area contributed by atoms with Gasteiger partial charge in [-0.05, 0) is 181 Å². The summed E-state index contributed by atoms with van der Waals surface area (Å²) in [5, 5.41) is 43.3. The van der Waals surface area contributed by atoms with Gasteiger partial charge in [-0.1, -0.05) is 115 Å². The molecule has 498 valence electrons. The Morgan fingerprint density at radius 1 is 0.394 bits per heavy atom. The molecule has 0 spiro atoms. The Morgan fingerprint density at radius 2 is 0.677 bits per heavy atom. The van der Waals surface area contributed by atoms with E-state index in [9.17, 15) is 36.7 Å². The van der Waals surface area contributed by atoms with Crippen LogP contribution in [-0.4, -0.2) is 87.4 Å². The second-order valence-corrected chi connectivity index (χ2v) is 23.3. The highest BCUT2D eigenvalue weighted by molar-refractivity contribution is 6.67. The first-order valence-corrected chi connectivity index (χ1v) is 31.1. The highest BCUT2D eigenvalue weighted by Gasteiger charge is 2.20. The fraction of sp³-hybridized carbons (Fsp3) is 0.122. The van der Waals surface area contributed by atoms with E-state index in [4.69, 9.17) is 22.4 Å². The average molecular weight is 1350 g/mol. The first-order valence-electron chi connectivity index (χ1n) is 30.8. The van der Waals surface area contributed by atoms with Crippen LogP contribution in [-0.2, 0) is 0 Å². The molecule has 0 saturated carbocycles.